The summed E-state index contributed by atoms with van der Waals surface area (Å²) in [5.41, 5.74) is 0.452. The van der Waals surface area contributed by atoms with E-state index in [1.165, 1.54) is 38.5 Å². The highest BCUT2D eigenvalue weighted by molar-refractivity contribution is 4.87. The number of unbranched alkanes of at least 4 members (excludes halogenated alkanes) is 2. The minimum Gasteiger partial charge on any atom is -0.381 e. The van der Waals surface area contributed by atoms with E-state index in [4.69, 9.17) is 4.74 Å². The predicted octanol–water partition coefficient (Wildman–Crippen LogP) is 3.36. The van der Waals surface area contributed by atoms with Crippen LogP contribution < -0.4 is 5.32 Å². The summed E-state index contributed by atoms with van der Waals surface area (Å²) < 4.78 is 5.29. The average molecular weight is 227 g/mol. The molecule has 0 unspecified atom stereocenters. The zero-order chi connectivity index (χ0) is 12.0. The van der Waals surface area contributed by atoms with Crippen molar-refractivity contribution in [3.05, 3.63) is 0 Å². The van der Waals surface area contributed by atoms with Gasteiger partial charge in [-0.15, -0.1) is 0 Å². The Balaban J connectivity index is 2.06. The molecule has 96 valence electrons. The molecule has 0 aromatic rings. The van der Waals surface area contributed by atoms with Gasteiger partial charge in [0.2, 0.25) is 0 Å². The lowest BCUT2D eigenvalue weighted by atomic mass is 9.84. The fourth-order valence-corrected chi connectivity index (χ4v) is 2.29. The second kappa shape index (κ2) is 6.61. The molecule has 16 heavy (non-hydrogen) atoms. The molecule has 0 radical (unpaired) electrons. The lowest BCUT2D eigenvalue weighted by Gasteiger charge is -2.37. The first kappa shape index (κ1) is 14.0. The summed E-state index contributed by atoms with van der Waals surface area (Å²) in [6.45, 7) is 8.17. The molecule has 1 saturated carbocycles. The van der Waals surface area contributed by atoms with Crippen molar-refractivity contribution >= 4 is 0 Å². The molecule has 2 heteroatoms. The number of hydrogen-bond acceptors (Lipinski definition) is 2. The summed E-state index contributed by atoms with van der Waals surface area (Å²) in [5.74, 6) is 0. The molecule has 2 nitrogen and oxygen atoms in total. The van der Waals surface area contributed by atoms with E-state index in [1.807, 2.05) is 7.11 Å². The molecule has 1 rings (SSSR count). The van der Waals surface area contributed by atoms with E-state index in [2.05, 4.69) is 26.1 Å². The van der Waals surface area contributed by atoms with Gasteiger partial charge in [0.25, 0.3) is 0 Å². The molecule has 0 aromatic carbocycles. The number of methoxy groups -OCH3 is 1. The molecule has 0 saturated heterocycles. The normalized spacial score (nSPS) is 25.5. The fraction of sp³-hybridized carbons (Fsp3) is 1.00. The van der Waals surface area contributed by atoms with Gasteiger partial charge in [-0.05, 0) is 24.7 Å². The maximum Gasteiger partial charge on any atom is 0.0601 e. The molecule has 0 aliphatic heterocycles. The van der Waals surface area contributed by atoms with Gasteiger partial charge < -0.3 is 10.1 Å². The van der Waals surface area contributed by atoms with Crippen molar-refractivity contribution in [2.24, 2.45) is 5.41 Å². The van der Waals surface area contributed by atoms with Crippen LogP contribution in [-0.2, 0) is 4.74 Å². The summed E-state index contributed by atoms with van der Waals surface area (Å²) in [6.07, 6.45) is 8.31. The van der Waals surface area contributed by atoms with E-state index >= 15 is 0 Å². The first-order valence-corrected chi connectivity index (χ1v) is 6.83. The minimum atomic E-state index is 0.452. The van der Waals surface area contributed by atoms with Gasteiger partial charge in [-0.3, -0.25) is 0 Å². The third-order valence-corrected chi connectivity index (χ3v) is 3.75. The predicted molar refractivity (Wildman–Crippen MR) is 69.7 cm³/mol. The molecule has 0 bridgehead atoms. The molecule has 1 aliphatic carbocycles. The average Bonchev–Trinajstić information content (AvgIpc) is 2.16. The van der Waals surface area contributed by atoms with Crippen LogP contribution in [0.5, 0.6) is 0 Å². The highest BCUT2D eigenvalue weighted by Gasteiger charge is 2.29. The van der Waals surface area contributed by atoms with E-state index in [0.717, 1.165) is 6.54 Å². The van der Waals surface area contributed by atoms with Crippen LogP contribution in [0.25, 0.3) is 0 Å². The molecule has 1 aliphatic rings. The highest BCUT2D eigenvalue weighted by atomic mass is 16.5. The van der Waals surface area contributed by atoms with Gasteiger partial charge in [-0.2, -0.15) is 0 Å². The Morgan fingerprint density at radius 1 is 1.25 bits per heavy atom. The van der Waals surface area contributed by atoms with Gasteiger partial charge in [-0.25, -0.2) is 0 Å². The lowest BCUT2D eigenvalue weighted by Crippen LogP contribution is -2.47. The summed E-state index contributed by atoms with van der Waals surface area (Å²) in [4.78, 5) is 0. The lowest BCUT2D eigenvalue weighted by molar-refractivity contribution is 0.0147. The van der Waals surface area contributed by atoms with Crippen molar-refractivity contribution in [2.45, 2.75) is 71.4 Å². The van der Waals surface area contributed by atoms with Crippen LogP contribution >= 0.6 is 0 Å². The van der Waals surface area contributed by atoms with Gasteiger partial charge in [0.05, 0.1) is 6.10 Å². The minimum absolute atomic E-state index is 0.452. The smallest absolute Gasteiger partial charge is 0.0601 e. The standard InChI is InChI=1S/C14H29NO/c1-5-6-7-8-14(2,3)11-15-12-9-13(10-12)16-4/h12-13,15H,5-11H2,1-4H3. The maximum atomic E-state index is 5.29. The summed E-state index contributed by atoms with van der Waals surface area (Å²) >= 11 is 0. The van der Waals surface area contributed by atoms with Crippen LogP contribution in [0.15, 0.2) is 0 Å². The van der Waals surface area contributed by atoms with E-state index in [0.29, 0.717) is 17.6 Å². The first-order valence-electron chi connectivity index (χ1n) is 6.83. The Labute approximate surface area is 101 Å². The molecule has 1 fully saturated rings. The van der Waals surface area contributed by atoms with Crippen molar-refractivity contribution in [2.75, 3.05) is 13.7 Å². The third-order valence-electron chi connectivity index (χ3n) is 3.75. The quantitative estimate of drug-likeness (QED) is 0.642. The number of rotatable bonds is 8. The number of hydrogen-bond donors (Lipinski definition) is 1. The van der Waals surface area contributed by atoms with Gasteiger partial charge in [0.15, 0.2) is 0 Å². The molecule has 0 spiro atoms. The SMILES string of the molecule is CCCCCC(C)(C)CNC1CC(OC)C1. The van der Waals surface area contributed by atoms with Crippen LogP contribution in [-0.4, -0.2) is 25.8 Å². The molecule has 0 amide bonds. The summed E-state index contributed by atoms with van der Waals surface area (Å²) in [7, 11) is 1.82. The number of ether oxygens (including phenoxy) is 1. The summed E-state index contributed by atoms with van der Waals surface area (Å²) in [5, 5.41) is 3.67. The van der Waals surface area contributed by atoms with Crippen molar-refractivity contribution < 1.29 is 4.74 Å². The molecular weight excluding hydrogens is 198 g/mol. The zero-order valence-corrected chi connectivity index (χ0v) is 11.5. The van der Waals surface area contributed by atoms with E-state index in [9.17, 15) is 0 Å². The maximum absolute atomic E-state index is 5.29. The van der Waals surface area contributed by atoms with Gasteiger partial charge >= 0.3 is 0 Å². The van der Waals surface area contributed by atoms with Crippen LogP contribution in [0, 0.1) is 5.41 Å². The molecule has 0 aromatic heterocycles. The molecular formula is C14H29NO. The van der Waals surface area contributed by atoms with E-state index in [1.54, 1.807) is 0 Å². The molecule has 0 heterocycles. The monoisotopic (exact) mass is 227 g/mol. The van der Waals surface area contributed by atoms with E-state index < -0.39 is 0 Å². The van der Waals surface area contributed by atoms with Crippen molar-refractivity contribution in [1.29, 1.82) is 0 Å². The third kappa shape index (κ3) is 4.84. The second-order valence-electron chi connectivity index (χ2n) is 6.03. The largest absolute Gasteiger partial charge is 0.381 e. The molecule has 1 N–H and O–H groups in total. The Hall–Kier alpha value is -0.0800. The van der Waals surface area contributed by atoms with Crippen LogP contribution in [0.4, 0.5) is 0 Å². The zero-order valence-electron chi connectivity index (χ0n) is 11.5. The van der Waals surface area contributed by atoms with Crippen LogP contribution in [0.1, 0.15) is 59.3 Å². The summed E-state index contributed by atoms with van der Waals surface area (Å²) in [6, 6.07) is 0.704. The van der Waals surface area contributed by atoms with Gasteiger partial charge in [0.1, 0.15) is 0 Å². The Bertz CT molecular complexity index is 185. The van der Waals surface area contributed by atoms with Gasteiger partial charge in [0, 0.05) is 19.7 Å². The van der Waals surface area contributed by atoms with E-state index in [-0.39, 0.29) is 0 Å². The topological polar surface area (TPSA) is 21.3 Å². The van der Waals surface area contributed by atoms with Gasteiger partial charge in [-0.1, -0.05) is 40.0 Å². The van der Waals surface area contributed by atoms with Crippen LogP contribution in [0.2, 0.25) is 0 Å². The van der Waals surface area contributed by atoms with Crippen LogP contribution in [0.3, 0.4) is 0 Å². The number of nitrogens with one attached hydrogen (secondary N) is 1. The van der Waals surface area contributed by atoms with Crippen molar-refractivity contribution in [3.63, 3.8) is 0 Å². The Morgan fingerprint density at radius 2 is 1.94 bits per heavy atom. The van der Waals surface area contributed by atoms with Crippen molar-refractivity contribution in [3.8, 4) is 0 Å². The first-order chi connectivity index (χ1) is 7.57. The van der Waals surface area contributed by atoms with Crippen molar-refractivity contribution in [1.82, 2.24) is 5.32 Å². The highest BCUT2D eigenvalue weighted by Crippen LogP contribution is 2.26. The molecule has 0 atom stereocenters. The Kier molecular flexibility index (Phi) is 5.77. The fourth-order valence-electron chi connectivity index (χ4n) is 2.29. The Morgan fingerprint density at radius 3 is 2.50 bits per heavy atom. The second-order valence-corrected chi connectivity index (χ2v) is 6.03.